The van der Waals surface area contributed by atoms with Crippen LogP contribution in [0.3, 0.4) is 0 Å². The van der Waals surface area contributed by atoms with Crippen molar-refractivity contribution < 1.29 is 0 Å². The van der Waals surface area contributed by atoms with Crippen LogP contribution in [-0.2, 0) is 6.42 Å². The van der Waals surface area contributed by atoms with Gasteiger partial charge >= 0.3 is 0 Å². The highest BCUT2D eigenvalue weighted by Gasteiger charge is 2.00. The molecule has 0 unspecified atom stereocenters. The molecule has 0 saturated carbocycles. The predicted molar refractivity (Wildman–Crippen MR) is 115 cm³/mol. The first-order valence-electron chi connectivity index (χ1n) is 7.92. The zero-order valence-electron chi connectivity index (χ0n) is 14.2. The molecule has 1 aromatic carbocycles. The lowest BCUT2D eigenvalue weighted by Gasteiger charge is -2.12. The van der Waals surface area contributed by atoms with Crippen molar-refractivity contribution in [3.05, 3.63) is 46.4 Å². The summed E-state index contributed by atoms with van der Waals surface area (Å²) in [5, 5.41) is 13.3. The van der Waals surface area contributed by atoms with E-state index >= 15 is 0 Å². The Morgan fingerprint density at radius 1 is 1.12 bits per heavy atom. The van der Waals surface area contributed by atoms with Gasteiger partial charge in [-0.3, -0.25) is 4.99 Å². The number of hydrogen-bond donors (Lipinski definition) is 3. The SMILES string of the molecule is CN=C(NCCCNc1ccccc1)NCCc1csc(C)n1.I. The number of rotatable bonds is 8. The number of nitrogens with zero attached hydrogens (tertiary/aromatic N) is 2. The molecule has 7 heteroatoms. The summed E-state index contributed by atoms with van der Waals surface area (Å²) in [4.78, 5) is 8.70. The lowest BCUT2D eigenvalue weighted by molar-refractivity contribution is 0.754. The van der Waals surface area contributed by atoms with Crippen molar-refractivity contribution in [3.63, 3.8) is 0 Å². The predicted octanol–water partition coefficient (Wildman–Crippen LogP) is 3.28. The van der Waals surface area contributed by atoms with Gasteiger partial charge in [0.25, 0.3) is 0 Å². The Bertz CT molecular complexity index is 600. The number of benzene rings is 1. The maximum atomic E-state index is 4.46. The molecule has 0 atom stereocenters. The normalized spacial score (nSPS) is 10.8. The van der Waals surface area contributed by atoms with E-state index in [1.807, 2.05) is 25.1 Å². The first kappa shape index (κ1) is 20.7. The quantitative estimate of drug-likeness (QED) is 0.246. The number of aromatic nitrogens is 1. The molecule has 0 saturated heterocycles. The molecule has 0 aliphatic rings. The highest BCUT2D eigenvalue weighted by atomic mass is 127. The molecule has 0 amide bonds. The number of aliphatic imine (C=N–C) groups is 1. The van der Waals surface area contributed by atoms with Crippen LogP contribution < -0.4 is 16.0 Å². The largest absolute Gasteiger partial charge is 0.385 e. The van der Waals surface area contributed by atoms with Crippen LogP contribution in [0.1, 0.15) is 17.1 Å². The monoisotopic (exact) mass is 459 g/mol. The molecule has 0 aliphatic carbocycles. The van der Waals surface area contributed by atoms with Crippen molar-refractivity contribution >= 4 is 47.0 Å². The lowest BCUT2D eigenvalue weighted by atomic mass is 10.3. The van der Waals surface area contributed by atoms with Gasteiger partial charge in [-0.25, -0.2) is 4.98 Å². The van der Waals surface area contributed by atoms with Gasteiger partial charge in [0.2, 0.25) is 0 Å². The average molecular weight is 459 g/mol. The fourth-order valence-corrected chi connectivity index (χ4v) is 2.78. The number of halogens is 1. The summed E-state index contributed by atoms with van der Waals surface area (Å²) in [6, 6.07) is 10.3. The van der Waals surface area contributed by atoms with Crippen LogP contribution in [0, 0.1) is 6.92 Å². The van der Waals surface area contributed by atoms with Crippen molar-refractivity contribution in [2.45, 2.75) is 19.8 Å². The van der Waals surface area contributed by atoms with E-state index < -0.39 is 0 Å². The van der Waals surface area contributed by atoms with Gasteiger partial charge in [-0.15, -0.1) is 35.3 Å². The van der Waals surface area contributed by atoms with Crippen molar-refractivity contribution in [3.8, 4) is 0 Å². The zero-order valence-corrected chi connectivity index (χ0v) is 17.4. The van der Waals surface area contributed by atoms with Crippen LogP contribution in [0.25, 0.3) is 0 Å². The summed E-state index contributed by atoms with van der Waals surface area (Å²) in [5.74, 6) is 0.844. The highest BCUT2D eigenvalue weighted by Crippen LogP contribution is 2.07. The van der Waals surface area contributed by atoms with E-state index in [2.05, 4.69) is 43.4 Å². The molecule has 0 fully saturated rings. The first-order valence-corrected chi connectivity index (χ1v) is 8.80. The maximum Gasteiger partial charge on any atom is 0.190 e. The van der Waals surface area contributed by atoms with Gasteiger partial charge in [0, 0.05) is 44.2 Å². The Balaban J connectivity index is 0.00000288. The second-order valence-corrected chi connectivity index (χ2v) is 6.24. The third-order valence-corrected chi connectivity index (χ3v) is 4.14. The van der Waals surface area contributed by atoms with Gasteiger partial charge in [-0.2, -0.15) is 0 Å². The highest BCUT2D eigenvalue weighted by molar-refractivity contribution is 14.0. The number of nitrogens with one attached hydrogen (secondary N) is 3. The molecule has 132 valence electrons. The third-order valence-electron chi connectivity index (χ3n) is 3.31. The van der Waals surface area contributed by atoms with E-state index in [4.69, 9.17) is 0 Å². The summed E-state index contributed by atoms with van der Waals surface area (Å²) in [7, 11) is 1.80. The van der Waals surface area contributed by atoms with Crippen LogP contribution >= 0.6 is 35.3 Å². The van der Waals surface area contributed by atoms with Gasteiger partial charge in [0.15, 0.2) is 5.96 Å². The van der Waals surface area contributed by atoms with Crippen molar-refractivity contribution in [2.75, 3.05) is 32.0 Å². The van der Waals surface area contributed by atoms with E-state index in [0.29, 0.717) is 0 Å². The zero-order chi connectivity index (χ0) is 16.3. The molecule has 3 N–H and O–H groups in total. The Labute approximate surface area is 165 Å². The maximum absolute atomic E-state index is 4.46. The molecule has 2 aromatic rings. The van der Waals surface area contributed by atoms with Crippen LogP contribution in [0.2, 0.25) is 0 Å². The summed E-state index contributed by atoms with van der Waals surface area (Å²) < 4.78 is 0. The molecule has 5 nitrogen and oxygen atoms in total. The van der Waals surface area contributed by atoms with Crippen molar-refractivity contribution in [2.24, 2.45) is 4.99 Å². The van der Waals surface area contributed by atoms with Crippen LogP contribution in [0.4, 0.5) is 5.69 Å². The van der Waals surface area contributed by atoms with E-state index in [0.717, 1.165) is 54.8 Å². The number of guanidine groups is 1. The fraction of sp³-hybridized carbons (Fsp3) is 0.412. The molecule has 1 aromatic heterocycles. The smallest absolute Gasteiger partial charge is 0.190 e. The number of thiazole rings is 1. The molecule has 1 heterocycles. The van der Waals surface area contributed by atoms with Crippen LogP contribution in [-0.4, -0.2) is 37.6 Å². The minimum Gasteiger partial charge on any atom is -0.385 e. The number of para-hydroxylation sites is 1. The van der Waals surface area contributed by atoms with Crippen LogP contribution in [0.15, 0.2) is 40.7 Å². The standard InChI is InChI=1S/C17H25N5S.HI/c1-14-22-16(13-23-14)9-12-21-17(18-2)20-11-6-10-19-15-7-4-3-5-8-15;/h3-5,7-8,13,19H,6,9-12H2,1-2H3,(H2,18,20,21);1H. The van der Waals surface area contributed by atoms with Gasteiger partial charge in [-0.1, -0.05) is 18.2 Å². The van der Waals surface area contributed by atoms with Gasteiger partial charge in [0.1, 0.15) is 0 Å². The molecule has 0 bridgehead atoms. The van der Waals surface area contributed by atoms with E-state index in [9.17, 15) is 0 Å². The second kappa shape index (κ2) is 12.1. The van der Waals surface area contributed by atoms with Gasteiger partial charge < -0.3 is 16.0 Å². The second-order valence-electron chi connectivity index (χ2n) is 5.18. The Morgan fingerprint density at radius 2 is 1.88 bits per heavy atom. The minimum atomic E-state index is 0. The molecule has 0 spiro atoms. The summed E-state index contributed by atoms with van der Waals surface area (Å²) in [6.07, 6.45) is 1.95. The summed E-state index contributed by atoms with van der Waals surface area (Å²) >= 11 is 1.69. The number of anilines is 1. The Kier molecular flexibility index (Phi) is 10.4. The molecule has 2 rings (SSSR count). The topological polar surface area (TPSA) is 61.3 Å². The van der Waals surface area contributed by atoms with E-state index in [1.165, 1.54) is 0 Å². The van der Waals surface area contributed by atoms with Gasteiger partial charge in [-0.05, 0) is 25.5 Å². The first-order chi connectivity index (χ1) is 11.3. The molecular formula is C17H26IN5S. The summed E-state index contributed by atoms with van der Waals surface area (Å²) in [6.45, 7) is 4.69. The molecule has 0 aliphatic heterocycles. The molecule has 24 heavy (non-hydrogen) atoms. The van der Waals surface area contributed by atoms with E-state index in [1.54, 1.807) is 18.4 Å². The van der Waals surface area contributed by atoms with E-state index in [-0.39, 0.29) is 24.0 Å². The molecular weight excluding hydrogens is 433 g/mol. The van der Waals surface area contributed by atoms with Crippen molar-refractivity contribution in [1.29, 1.82) is 0 Å². The molecule has 0 radical (unpaired) electrons. The summed E-state index contributed by atoms with van der Waals surface area (Å²) in [5.41, 5.74) is 2.30. The Hall–Kier alpha value is -1.35. The number of hydrogen-bond acceptors (Lipinski definition) is 4. The average Bonchev–Trinajstić information content (AvgIpc) is 2.99. The minimum absolute atomic E-state index is 0. The van der Waals surface area contributed by atoms with Crippen molar-refractivity contribution in [1.82, 2.24) is 15.6 Å². The number of aryl methyl sites for hydroxylation is 1. The van der Waals surface area contributed by atoms with Gasteiger partial charge in [0.05, 0.1) is 10.7 Å². The lowest BCUT2D eigenvalue weighted by Crippen LogP contribution is -2.39. The Morgan fingerprint density at radius 3 is 2.54 bits per heavy atom. The fourth-order valence-electron chi connectivity index (χ4n) is 2.14. The third kappa shape index (κ3) is 7.96. The van der Waals surface area contributed by atoms with Crippen LogP contribution in [0.5, 0.6) is 0 Å².